The number of benzene rings is 2. The summed E-state index contributed by atoms with van der Waals surface area (Å²) in [6.07, 6.45) is 5.86. The molecule has 0 radical (unpaired) electrons. The van der Waals surface area contributed by atoms with E-state index in [0.717, 1.165) is 48.6 Å². The average Bonchev–Trinajstić information content (AvgIpc) is 3.14. The lowest BCUT2D eigenvalue weighted by Crippen LogP contribution is -2.36. The third-order valence-corrected chi connectivity index (χ3v) is 7.49. The van der Waals surface area contributed by atoms with Crippen molar-refractivity contribution in [3.63, 3.8) is 0 Å². The summed E-state index contributed by atoms with van der Waals surface area (Å²) in [7, 11) is 0. The van der Waals surface area contributed by atoms with Crippen molar-refractivity contribution in [2.24, 2.45) is 5.92 Å². The van der Waals surface area contributed by atoms with Crippen molar-refractivity contribution >= 4 is 27.5 Å². The highest BCUT2D eigenvalue weighted by Crippen LogP contribution is 2.21. The van der Waals surface area contributed by atoms with Gasteiger partial charge in [-0.05, 0) is 75.4 Å². The number of fused-ring (bicyclic) bond motifs is 1. The minimum Gasteiger partial charge on any atom is -0.356 e. The number of aromatic nitrogens is 1. The molecule has 1 aliphatic rings. The van der Waals surface area contributed by atoms with Crippen LogP contribution in [-0.4, -0.2) is 40.9 Å². The first-order valence-electron chi connectivity index (χ1n) is 11.8. The van der Waals surface area contributed by atoms with Crippen LogP contribution in [0.2, 0.25) is 0 Å². The lowest BCUT2D eigenvalue weighted by Gasteiger charge is -2.32. The Morgan fingerprint density at radius 2 is 1.72 bits per heavy atom. The molecule has 3 aromatic rings. The van der Waals surface area contributed by atoms with Gasteiger partial charge in [-0.25, -0.2) is 0 Å². The number of hydrogen-bond acceptors (Lipinski definition) is 4. The smallest absolute Gasteiger partial charge is 0.268 e. The van der Waals surface area contributed by atoms with Crippen molar-refractivity contribution in [2.45, 2.75) is 45.1 Å². The van der Waals surface area contributed by atoms with Gasteiger partial charge in [-0.1, -0.05) is 54.0 Å². The molecule has 5 nitrogen and oxygen atoms in total. The Morgan fingerprint density at radius 1 is 0.969 bits per heavy atom. The van der Waals surface area contributed by atoms with Crippen molar-refractivity contribution in [3.05, 3.63) is 70.5 Å². The molecule has 6 heteroatoms. The standard InChI is InChI=1S/C26H33N3O2S/c30-25(12-6-17-29-26(31)23-10-4-5-11-24(23)32-29)27-15-7-16-28-18-13-22(14-19-28)20-21-8-2-1-3-9-21/h1-5,8-11,22H,6-7,12-20H2,(H,27,30). The summed E-state index contributed by atoms with van der Waals surface area (Å²) >= 11 is 1.48. The number of aryl methyl sites for hydroxylation is 1. The van der Waals surface area contributed by atoms with E-state index in [-0.39, 0.29) is 11.5 Å². The number of nitrogens with one attached hydrogen (secondary N) is 1. The van der Waals surface area contributed by atoms with Crippen LogP contribution in [0, 0.1) is 5.92 Å². The molecule has 170 valence electrons. The zero-order valence-electron chi connectivity index (χ0n) is 18.7. The van der Waals surface area contributed by atoms with E-state index >= 15 is 0 Å². The molecule has 2 heterocycles. The Morgan fingerprint density at radius 3 is 2.50 bits per heavy atom. The lowest BCUT2D eigenvalue weighted by atomic mass is 9.90. The minimum atomic E-state index is 0.0542. The fourth-order valence-corrected chi connectivity index (χ4v) is 5.56. The Labute approximate surface area is 194 Å². The fraction of sp³-hybridized carbons (Fsp3) is 0.462. The fourth-order valence-electron chi connectivity index (χ4n) is 4.53. The molecule has 0 saturated carbocycles. The van der Waals surface area contributed by atoms with Crippen molar-refractivity contribution < 1.29 is 4.79 Å². The third-order valence-electron chi connectivity index (χ3n) is 6.37. The maximum atomic E-state index is 12.3. The van der Waals surface area contributed by atoms with E-state index in [1.807, 2.05) is 24.3 Å². The molecule has 1 aromatic heterocycles. The zero-order valence-corrected chi connectivity index (χ0v) is 19.5. The van der Waals surface area contributed by atoms with Gasteiger partial charge in [0.2, 0.25) is 5.91 Å². The molecule has 0 spiro atoms. The number of carbonyl (C=O) groups excluding carboxylic acids is 1. The largest absolute Gasteiger partial charge is 0.356 e. The SMILES string of the molecule is O=C(CCCn1sc2ccccc2c1=O)NCCCN1CCC(Cc2ccccc2)CC1. The van der Waals surface area contributed by atoms with Crippen molar-refractivity contribution in [1.82, 2.24) is 14.2 Å². The molecular weight excluding hydrogens is 418 g/mol. The van der Waals surface area contributed by atoms with E-state index in [1.54, 1.807) is 3.96 Å². The van der Waals surface area contributed by atoms with E-state index in [1.165, 1.54) is 36.4 Å². The van der Waals surface area contributed by atoms with Gasteiger partial charge in [0.05, 0.1) is 10.1 Å². The normalized spacial score (nSPS) is 15.2. The van der Waals surface area contributed by atoms with E-state index in [4.69, 9.17) is 0 Å². The minimum absolute atomic E-state index is 0.0542. The van der Waals surface area contributed by atoms with Crippen LogP contribution in [0.15, 0.2) is 59.4 Å². The lowest BCUT2D eigenvalue weighted by molar-refractivity contribution is -0.121. The number of amides is 1. The van der Waals surface area contributed by atoms with E-state index in [9.17, 15) is 9.59 Å². The first-order valence-corrected chi connectivity index (χ1v) is 12.6. The Kier molecular flexibility index (Phi) is 8.13. The van der Waals surface area contributed by atoms with Crippen molar-refractivity contribution in [2.75, 3.05) is 26.2 Å². The van der Waals surface area contributed by atoms with Crippen LogP contribution >= 0.6 is 11.5 Å². The maximum absolute atomic E-state index is 12.3. The van der Waals surface area contributed by atoms with E-state index in [0.29, 0.717) is 19.4 Å². The third kappa shape index (κ3) is 6.30. The molecule has 1 amide bonds. The summed E-state index contributed by atoms with van der Waals surface area (Å²) < 4.78 is 2.77. The van der Waals surface area contributed by atoms with Gasteiger partial charge in [0.1, 0.15) is 0 Å². The second-order valence-electron chi connectivity index (χ2n) is 8.78. The van der Waals surface area contributed by atoms with Crippen molar-refractivity contribution in [3.8, 4) is 0 Å². The first-order chi connectivity index (χ1) is 15.7. The zero-order chi connectivity index (χ0) is 22.2. The average molecular weight is 452 g/mol. The van der Waals surface area contributed by atoms with Crippen LogP contribution in [0.1, 0.15) is 37.7 Å². The quantitative estimate of drug-likeness (QED) is 0.468. The molecule has 0 unspecified atom stereocenters. The summed E-state index contributed by atoms with van der Waals surface area (Å²) in [5.74, 6) is 0.877. The highest BCUT2D eigenvalue weighted by Gasteiger charge is 2.19. The highest BCUT2D eigenvalue weighted by molar-refractivity contribution is 7.13. The van der Waals surface area contributed by atoms with Crippen LogP contribution in [0.4, 0.5) is 0 Å². The van der Waals surface area contributed by atoms with Crippen LogP contribution < -0.4 is 10.9 Å². The number of likely N-dealkylation sites (tertiary alicyclic amines) is 1. The van der Waals surface area contributed by atoms with Gasteiger partial charge in [0.25, 0.3) is 5.56 Å². The molecule has 0 atom stereocenters. The molecule has 0 bridgehead atoms. The van der Waals surface area contributed by atoms with Gasteiger partial charge in [0.15, 0.2) is 0 Å². The Hall–Kier alpha value is -2.44. The monoisotopic (exact) mass is 451 g/mol. The van der Waals surface area contributed by atoms with Crippen LogP contribution in [-0.2, 0) is 17.8 Å². The molecule has 4 rings (SSSR count). The summed E-state index contributed by atoms with van der Waals surface area (Å²) in [5, 5.41) is 3.81. The van der Waals surface area contributed by atoms with Gasteiger partial charge < -0.3 is 10.2 Å². The maximum Gasteiger partial charge on any atom is 0.268 e. The summed E-state index contributed by atoms with van der Waals surface area (Å²) in [4.78, 5) is 27.0. The number of carbonyl (C=O) groups is 1. The predicted octanol–water partition coefficient (Wildman–Crippen LogP) is 4.30. The molecule has 1 N–H and O–H groups in total. The van der Waals surface area contributed by atoms with E-state index in [2.05, 4.69) is 40.5 Å². The topological polar surface area (TPSA) is 54.3 Å². The van der Waals surface area contributed by atoms with Crippen LogP contribution in [0.5, 0.6) is 0 Å². The summed E-state index contributed by atoms with van der Waals surface area (Å²) in [6.45, 7) is 4.70. The summed E-state index contributed by atoms with van der Waals surface area (Å²) in [6, 6.07) is 18.5. The first kappa shape index (κ1) is 22.7. The van der Waals surface area contributed by atoms with Gasteiger partial charge in [-0.2, -0.15) is 0 Å². The van der Waals surface area contributed by atoms with Crippen LogP contribution in [0.25, 0.3) is 10.1 Å². The van der Waals surface area contributed by atoms with Crippen LogP contribution in [0.3, 0.4) is 0 Å². The summed E-state index contributed by atoms with van der Waals surface area (Å²) in [5.41, 5.74) is 1.50. The highest BCUT2D eigenvalue weighted by atomic mass is 32.1. The second kappa shape index (κ2) is 11.4. The van der Waals surface area contributed by atoms with Crippen molar-refractivity contribution in [1.29, 1.82) is 0 Å². The molecule has 1 saturated heterocycles. The number of hydrogen-bond donors (Lipinski definition) is 1. The molecule has 1 aliphatic heterocycles. The number of nitrogens with zero attached hydrogens (tertiary/aromatic N) is 2. The second-order valence-corrected chi connectivity index (χ2v) is 9.84. The Balaban J connectivity index is 1.07. The number of rotatable bonds is 10. The molecule has 2 aromatic carbocycles. The Bertz CT molecular complexity index is 1050. The molecular formula is C26H33N3O2S. The number of piperidine rings is 1. The van der Waals surface area contributed by atoms with Gasteiger partial charge >= 0.3 is 0 Å². The molecule has 0 aliphatic carbocycles. The predicted molar refractivity (Wildman–Crippen MR) is 132 cm³/mol. The van der Waals surface area contributed by atoms with Gasteiger partial charge in [-0.15, -0.1) is 0 Å². The molecule has 1 fully saturated rings. The van der Waals surface area contributed by atoms with E-state index < -0.39 is 0 Å². The molecule has 32 heavy (non-hydrogen) atoms. The van der Waals surface area contributed by atoms with Gasteiger partial charge in [0, 0.05) is 19.5 Å². The van der Waals surface area contributed by atoms with Gasteiger partial charge in [-0.3, -0.25) is 13.5 Å².